The van der Waals surface area contributed by atoms with Crippen molar-refractivity contribution in [2.24, 2.45) is 0 Å². The van der Waals surface area contributed by atoms with Crippen LogP contribution in [-0.2, 0) is 9.59 Å². The van der Waals surface area contributed by atoms with Crippen molar-refractivity contribution >= 4 is 17.6 Å². The van der Waals surface area contributed by atoms with Crippen LogP contribution in [0.4, 0.5) is 5.69 Å². The van der Waals surface area contributed by atoms with Gasteiger partial charge in [0.05, 0.1) is 0 Å². The van der Waals surface area contributed by atoms with Gasteiger partial charge in [0.15, 0.2) is 0 Å². The molecule has 134 valence electrons. The zero-order chi connectivity index (χ0) is 18.7. The van der Waals surface area contributed by atoms with Crippen LogP contribution in [0.25, 0.3) is 0 Å². The van der Waals surface area contributed by atoms with E-state index in [1.165, 1.54) is 6.20 Å². The Labute approximate surface area is 148 Å². The van der Waals surface area contributed by atoms with Crippen LogP contribution in [-0.4, -0.2) is 23.5 Å². The molecule has 1 aromatic rings. The minimum absolute atomic E-state index is 0.00379. The van der Waals surface area contributed by atoms with E-state index in [4.69, 9.17) is 5.11 Å². The van der Waals surface area contributed by atoms with E-state index in [0.717, 1.165) is 18.4 Å². The van der Waals surface area contributed by atoms with Gasteiger partial charge in [-0.05, 0) is 30.4 Å². The van der Waals surface area contributed by atoms with E-state index >= 15 is 0 Å². The number of para-hydroxylation sites is 1. The van der Waals surface area contributed by atoms with Crippen LogP contribution >= 0.6 is 0 Å². The number of carbonyl (C=O) groups is 2. The molecule has 0 aliphatic rings. The second-order valence-electron chi connectivity index (χ2n) is 6.02. The number of carboxylic acid groups (broad SMARTS) is 1. The molecule has 0 bridgehead atoms. The molecule has 0 saturated carbocycles. The van der Waals surface area contributed by atoms with Crippen LogP contribution in [0.5, 0.6) is 0 Å². The second-order valence-corrected chi connectivity index (χ2v) is 6.02. The second kappa shape index (κ2) is 10.9. The minimum Gasteiger partial charge on any atom is -0.481 e. The van der Waals surface area contributed by atoms with Gasteiger partial charge < -0.3 is 15.7 Å². The Bertz CT molecular complexity index is 660. The van der Waals surface area contributed by atoms with Gasteiger partial charge in [-0.1, -0.05) is 38.5 Å². The molecule has 3 N–H and O–H groups in total. The number of nitriles is 1. The number of benzene rings is 1. The summed E-state index contributed by atoms with van der Waals surface area (Å²) < 4.78 is 0. The first-order chi connectivity index (χ1) is 12.0. The molecule has 1 rings (SSSR count). The van der Waals surface area contributed by atoms with Crippen molar-refractivity contribution in [3.8, 4) is 6.07 Å². The predicted molar refractivity (Wildman–Crippen MR) is 97.0 cm³/mol. The zero-order valence-corrected chi connectivity index (χ0v) is 14.7. The number of anilines is 1. The van der Waals surface area contributed by atoms with Crippen molar-refractivity contribution in [1.29, 1.82) is 5.26 Å². The lowest BCUT2D eigenvalue weighted by Crippen LogP contribution is -2.18. The molecule has 0 fully saturated rings. The van der Waals surface area contributed by atoms with Crippen molar-refractivity contribution in [2.45, 2.75) is 45.4 Å². The lowest BCUT2D eigenvalue weighted by Gasteiger charge is -2.13. The molecular formula is C19H25N3O3. The monoisotopic (exact) mass is 343 g/mol. The lowest BCUT2D eigenvalue weighted by atomic mass is 10.0. The number of aliphatic carboxylic acids is 1. The number of nitrogens with zero attached hydrogens (tertiary/aromatic N) is 1. The molecule has 6 nitrogen and oxygen atoms in total. The molecule has 25 heavy (non-hydrogen) atoms. The molecule has 0 radical (unpaired) electrons. The molecule has 0 aromatic heterocycles. The summed E-state index contributed by atoms with van der Waals surface area (Å²) in [4.78, 5) is 22.7. The predicted octanol–water partition coefficient (Wildman–Crippen LogP) is 3.39. The highest BCUT2D eigenvalue weighted by Gasteiger charge is 2.12. The maximum atomic E-state index is 12.3. The summed E-state index contributed by atoms with van der Waals surface area (Å²) in [5.74, 6) is -0.984. The van der Waals surface area contributed by atoms with Crippen LogP contribution < -0.4 is 10.6 Å². The van der Waals surface area contributed by atoms with E-state index in [2.05, 4.69) is 10.6 Å². The summed E-state index contributed by atoms with van der Waals surface area (Å²) in [6.45, 7) is 4.66. The molecule has 6 heteroatoms. The van der Waals surface area contributed by atoms with Gasteiger partial charge in [-0.2, -0.15) is 5.26 Å². The fourth-order valence-electron chi connectivity index (χ4n) is 2.31. The lowest BCUT2D eigenvalue weighted by molar-refractivity contribution is -0.137. The Balaban J connectivity index is 2.52. The molecular weight excluding hydrogens is 318 g/mol. The summed E-state index contributed by atoms with van der Waals surface area (Å²) in [5.41, 5.74) is 1.72. The number of hydrogen-bond donors (Lipinski definition) is 3. The Kier molecular flexibility index (Phi) is 8.80. The number of unbranched alkanes of at least 4 members (excludes halogenated alkanes) is 2. The highest BCUT2D eigenvalue weighted by Crippen LogP contribution is 2.23. The third-order valence-corrected chi connectivity index (χ3v) is 3.65. The topological polar surface area (TPSA) is 102 Å². The summed E-state index contributed by atoms with van der Waals surface area (Å²) in [6.07, 6.45) is 3.75. The molecule has 1 aromatic carbocycles. The summed E-state index contributed by atoms with van der Waals surface area (Å²) >= 11 is 0. The van der Waals surface area contributed by atoms with Gasteiger partial charge in [0.2, 0.25) is 0 Å². The third-order valence-electron chi connectivity index (χ3n) is 3.65. The zero-order valence-electron chi connectivity index (χ0n) is 14.7. The van der Waals surface area contributed by atoms with Gasteiger partial charge in [-0.15, -0.1) is 0 Å². The van der Waals surface area contributed by atoms with E-state index < -0.39 is 11.9 Å². The van der Waals surface area contributed by atoms with Gasteiger partial charge >= 0.3 is 5.97 Å². The number of amides is 1. The van der Waals surface area contributed by atoms with Gasteiger partial charge in [0.1, 0.15) is 11.6 Å². The fourth-order valence-corrected chi connectivity index (χ4v) is 2.31. The number of carboxylic acids is 1. The highest BCUT2D eigenvalue weighted by atomic mass is 16.4. The first-order valence-corrected chi connectivity index (χ1v) is 8.41. The fraction of sp³-hybridized carbons (Fsp3) is 0.421. The molecule has 0 aliphatic heterocycles. The van der Waals surface area contributed by atoms with E-state index in [9.17, 15) is 14.9 Å². The highest BCUT2D eigenvalue weighted by molar-refractivity contribution is 6.06. The molecule has 0 heterocycles. The van der Waals surface area contributed by atoms with Crippen LogP contribution in [0, 0.1) is 11.3 Å². The van der Waals surface area contributed by atoms with Crippen LogP contribution in [0.2, 0.25) is 0 Å². The SMILES string of the molecule is CC(C)c1ccccc1NC(=O)/C(C#N)=C\NCCCCCC(=O)O. The average molecular weight is 343 g/mol. The number of rotatable bonds is 10. The largest absolute Gasteiger partial charge is 0.481 e. The Morgan fingerprint density at radius 2 is 1.96 bits per heavy atom. The van der Waals surface area contributed by atoms with Crippen LogP contribution in [0.1, 0.15) is 51.0 Å². The smallest absolute Gasteiger partial charge is 0.303 e. The number of nitrogens with one attached hydrogen (secondary N) is 2. The minimum atomic E-state index is -0.794. The molecule has 0 unspecified atom stereocenters. The molecule has 0 saturated heterocycles. The van der Waals surface area contributed by atoms with Gasteiger partial charge in [-0.25, -0.2) is 0 Å². The maximum Gasteiger partial charge on any atom is 0.303 e. The van der Waals surface area contributed by atoms with E-state index in [1.54, 1.807) is 0 Å². The van der Waals surface area contributed by atoms with Crippen LogP contribution in [0.15, 0.2) is 36.0 Å². The Morgan fingerprint density at radius 3 is 2.60 bits per heavy atom. The molecule has 0 aliphatic carbocycles. The molecule has 0 spiro atoms. The van der Waals surface area contributed by atoms with E-state index in [0.29, 0.717) is 18.7 Å². The van der Waals surface area contributed by atoms with Gasteiger partial charge in [-0.3, -0.25) is 9.59 Å². The molecule has 0 atom stereocenters. The first-order valence-electron chi connectivity index (χ1n) is 8.41. The molecule has 1 amide bonds. The van der Waals surface area contributed by atoms with Crippen LogP contribution in [0.3, 0.4) is 0 Å². The van der Waals surface area contributed by atoms with Crippen molar-refractivity contribution in [3.05, 3.63) is 41.6 Å². The van der Waals surface area contributed by atoms with Crippen molar-refractivity contribution in [1.82, 2.24) is 5.32 Å². The number of carbonyl (C=O) groups excluding carboxylic acids is 1. The normalized spacial score (nSPS) is 11.0. The summed E-state index contributed by atoms with van der Waals surface area (Å²) in [5, 5.41) is 23.4. The van der Waals surface area contributed by atoms with Crippen molar-refractivity contribution in [3.63, 3.8) is 0 Å². The first kappa shape index (κ1) is 20.2. The maximum absolute atomic E-state index is 12.3. The van der Waals surface area contributed by atoms with Crippen molar-refractivity contribution < 1.29 is 14.7 Å². The van der Waals surface area contributed by atoms with Crippen molar-refractivity contribution in [2.75, 3.05) is 11.9 Å². The summed E-state index contributed by atoms with van der Waals surface area (Å²) in [6, 6.07) is 9.42. The number of hydrogen-bond acceptors (Lipinski definition) is 4. The Hall–Kier alpha value is -2.81. The third kappa shape index (κ3) is 7.53. The van der Waals surface area contributed by atoms with Gasteiger partial charge in [0, 0.05) is 24.9 Å². The standard InChI is InChI=1S/C19H25N3O3/c1-14(2)16-8-5-6-9-17(16)22-19(25)15(12-20)13-21-11-7-3-4-10-18(23)24/h5-6,8-9,13-14,21H,3-4,7,10-11H2,1-2H3,(H,22,25)(H,23,24)/b15-13-. The average Bonchev–Trinajstić information content (AvgIpc) is 2.57. The summed E-state index contributed by atoms with van der Waals surface area (Å²) in [7, 11) is 0. The van der Waals surface area contributed by atoms with E-state index in [-0.39, 0.29) is 17.9 Å². The van der Waals surface area contributed by atoms with E-state index in [1.807, 2.05) is 44.2 Å². The quantitative estimate of drug-likeness (QED) is 0.343. The van der Waals surface area contributed by atoms with Gasteiger partial charge in [0.25, 0.3) is 5.91 Å². The Morgan fingerprint density at radius 1 is 1.24 bits per heavy atom.